The molecule has 0 bridgehead atoms. The molecule has 1 heterocycles. The normalized spacial score (nSPS) is 11.0. The lowest BCUT2D eigenvalue weighted by atomic mass is 9.91. The summed E-state index contributed by atoms with van der Waals surface area (Å²) < 4.78 is 10.0. The summed E-state index contributed by atoms with van der Waals surface area (Å²) in [4.78, 5) is 32.1. The Bertz CT molecular complexity index is 1440. The maximum atomic E-state index is 13.6. The van der Waals surface area contributed by atoms with Crippen molar-refractivity contribution >= 4 is 28.5 Å². The van der Waals surface area contributed by atoms with Crippen LogP contribution in [-0.2, 0) is 27.2 Å². The summed E-state index contributed by atoms with van der Waals surface area (Å²) in [5, 5.41) is 1.62. The Balaban J connectivity index is 0.00000226. The van der Waals surface area contributed by atoms with Crippen LogP contribution in [0.2, 0.25) is 0 Å². The van der Waals surface area contributed by atoms with E-state index < -0.39 is 5.97 Å². The summed E-state index contributed by atoms with van der Waals surface area (Å²) in [6, 6.07) is 24.0. The Kier molecular flexibility index (Phi) is 11.2. The molecule has 0 radical (unpaired) electrons. The molecule has 0 N–H and O–H groups in total. The number of benzene rings is 3. The van der Waals surface area contributed by atoms with E-state index >= 15 is 0 Å². The van der Waals surface area contributed by atoms with Crippen LogP contribution in [-0.4, -0.2) is 37.7 Å². The number of carbonyl (C=O) groups excluding carboxylic acids is 2. The Hall–Kier alpha value is -4.03. The molecule has 41 heavy (non-hydrogen) atoms. The monoisotopic (exact) mass is 554 g/mol. The number of hydrogen-bond donors (Lipinski definition) is 0. The van der Waals surface area contributed by atoms with Crippen molar-refractivity contribution in [1.82, 2.24) is 4.98 Å². The van der Waals surface area contributed by atoms with E-state index in [-0.39, 0.29) is 11.3 Å². The van der Waals surface area contributed by atoms with Crippen molar-refractivity contribution in [1.29, 1.82) is 0 Å². The number of pyridine rings is 1. The molecule has 1 aromatic heterocycles. The lowest BCUT2D eigenvalue weighted by Gasteiger charge is -2.27. The van der Waals surface area contributed by atoms with Crippen LogP contribution in [0.1, 0.15) is 62.5 Å². The third kappa shape index (κ3) is 8.48. The van der Waals surface area contributed by atoms with Crippen molar-refractivity contribution in [3.8, 4) is 11.1 Å². The molecule has 0 atom stereocenters. The smallest absolute Gasteiger partial charge is 0.337 e. The lowest BCUT2D eigenvalue weighted by molar-refractivity contribution is -0.120. The molecule has 3 aromatic carbocycles. The number of anilines is 1. The quantitative estimate of drug-likeness (QED) is 0.197. The van der Waals surface area contributed by atoms with Gasteiger partial charge in [-0.25, -0.2) is 9.78 Å². The van der Waals surface area contributed by atoms with E-state index in [9.17, 15) is 9.59 Å². The predicted molar refractivity (Wildman–Crippen MR) is 167 cm³/mol. The topological polar surface area (TPSA) is 68.7 Å². The molecule has 0 saturated heterocycles. The molecule has 0 fully saturated rings. The van der Waals surface area contributed by atoms with Gasteiger partial charge in [0.15, 0.2) is 0 Å². The van der Waals surface area contributed by atoms with Gasteiger partial charge in [-0.15, -0.1) is 0 Å². The van der Waals surface area contributed by atoms with Crippen molar-refractivity contribution in [2.24, 2.45) is 5.41 Å². The number of carbonyl (C=O) groups is 2. The highest BCUT2D eigenvalue weighted by Gasteiger charge is 2.25. The first-order valence-electron chi connectivity index (χ1n) is 14.1. The van der Waals surface area contributed by atoms with Crippen molar-refractivity contribution in [2.45, 2.75) is 54.0 Å². The fourth-order valence-electron chi connectivity index (χ4n) is 4.52. The van der Waals surface area contributed by atoms with Crippen molar-refractivity contribution < 1.29 is 19.1 Å². The van der Waals surface area contributed by atoms with Crippen molar-refractivity contribution in [3.05, 3.63) is 95.7 Å². The molecule has 6 nitrogen and oxygen atoms in total. The fraction of sp³-hybridized carbons (Fsp3) is 0.343. The predicted octanol–water partition coefficient (Wildman–Crippen LogP) is 7.87. The molecule has 0 spiro atoms. The largest absolute Gasteiger partial charge is 0.465 e. The number of rotatable bonds is 9. The highest BCUT2D eigenvalue weighted by molar-refractivity contribution is 6.04. The molecule has 4 aromatic rings. The SMILES string of the molecule is CC.COCCc1ccc(-c2ccc(CN(C(=O)CC(C)(C)C)c3nccc4cc(C(=O)OC)ccc34)cc2)cc1. The van der Waals surface area contributed by atoms with Crippen LogP contribution in [0.15, 0.2) is 79.0 Å². The van der Waals surface area contributed by atoms with E-state index in [0.29, 0.717) is 31.0 Å². The standard InChI is InChI=1S/C33H36N2O4.C2H6/c1-33(2,3)21-30(36)35(31-29-15-14-28(32(37)39-5)20-27(29)16-18-34-31)22-24-8-12-26(13-9-24)25-10-6-23(7-11-25)17-19-38-4;1-2/h6-16,18,20H,17,19,21-22H2,1-5H3;1-2H3. The van der Waals surface area contributed by atoms with Gasteiger partial charge >= 0.3 is 5.97 Å². The summed E-state index contributed by atoms with van der Waals surface area (Å²) in [5.41, 5.74) is 4.77. The number of nitrogens with zero attached hydrogens (tertiary/aromatic N) is 2. The number of aromatic nitrogens is 1. The minimum Gasteiger partial charge on any atom is -0.465 e. The van der Waals surface area contributed by atoms with Gasteiger partial charge in [0.05, 0.1) is 25.8 Å². The number of amides is 1. The van der Waals surface area contributed by atoms with E-state index in [1.54, 1.807) is 30.3 Å². The Morgan fingerprint density at radius 2 is 1.44 bits per heavy atom. The van der Waals surface area contributed by atoms with Gasteiger partial charge in [0, 0.05) is 25.1 Å². The van der Waals surface area contributed by atoms with Crippen LogP contribution in [0.5, 0.6) is 0 Å². The molecule has 4 rings (SSSR count). The molecule has 6 heteroatoms. The average Bonchev–Trinajstić information content (AvgIpc) is 2.98. The average molecular weight is 555 g/mol. The van der Waals surface area contributed by atoms with Gasteiger partial charge in [0.1, 0.15) is 5.82 Å². The fourth-order valence-corrected chi connectivity index (χ4v) is 4.52. The molecule has 0 saturated carbocycles. The van der Waals surface area contributed by atoms with Crippen molar-refractivity contribution in [3.63, 3.8) is 0 Å². The zero-order valence-electron chi connectivity index (χ0n) is 25.4. The Morgan fingerprint density at radius 1 is 0.829 bits per heavy atom. The van der Waals surface area contributed by atoms with Gasteiger partial charge in [0.2, 0.25) is 5.91 Å². The summed E-state index contributed by atoms with van der Waals surface area (Å²) in [6.45, 7) is 11.2. The summed E-state index contributed by atoms with van der Waals surface area (Å²) in [7, 11) is 3.08. The molecule has 0 aliphatic rings. The summed E-state index contributed by atoms with van der Waals surface area (Å²) in [5.74, 6) is 0.171. The molecule has 0 unspecified atom stereocenters. The van der Waals surface area contributed by atoms with E-state index in [0.717, 1.165) is 33.9 Å². The zero-order valence-corrected chi connectivity index (χ0v) is 25.4. The molecular formula is C35H42N2O4. The first-order chi connectivity index (χ1) is 19.7. The molecule has 1 amide bonds. The number of fused-ring (bicyclic) bond motifs is 1. The minimum atomic E-state index is -0.402. The van der Waals surface area contributed by atoms with Gasteiger partial charge in [-0.2, -0.15) is 0 Å². The second-order valence-corrected chi connectivity index (χ2v) is 10.9. The van der Waals surface area contributed by atoms with E-state index in [1.165, 1.54) is 12.7 Å². The number of methoxy groups -OCH3 is 2. The summed E-state index contributed by atoms with van der Waals surface area (Å²) in [6.07, 6.45) is 2.94. The van der Waals surface area contributed by atoms with Crippen LogP contribution in [0.4, 0.5) is 5.82 Å². The first-order valence-corrected chi connectivity index (χ1v) is 14.1. The third-order valence-corrected chi connectivity index (χ3v) is 6.58. The maximum Gasteiger partial charge on any atom is 0.337 e. The second-order valence-electron chi connectivity index (χ2n) is 10.9. The number of esters is 1. The van der Waals surface area contributed by atoms with Crippen LogP contribution in [0.3, 0.4) is 0 Å². The lowest BCUT2D eigenvalue weighted by Crippen LogP contribution is -2.34. The second kappa shape index (κ2) is 14.6. The Labute approximate surface area is 244 Å². The number of ether oxygens (including phenoxy) is 2. The van der Waals surface area contributed by atoms with Crippen LogP contribution in [0.25, 0.3) is 21.9 Å². The third-order valence-electron chi connectivity index (χ3n) is 6.58. The number of hydrogen-bond acceptors (Lipinski definition) is 5. The van der Waals surface area contributed by atoms with E-state index in [1.807, 2.05) is 26.0 Å². The molecule has 216 valence electrons. The minimum absolute atomic E-state index is 0.00438. The maximum absolute atomic E-state index is 13.6. The van der Waals surface area contributed by atoms with Crippen molar-refractivity contribution in [2.75, 3.05) is 25.7 Å². The molecule has 0 aliphatic carbocycles. The van der Waals surface area contributed by atoms with Crippen LogP contribution < -0.4 is 4.90 Å². The van der Waals surface area contributed by atoms with Gasteiger partial charge in [-0.05, 0) is 63.7 Å². The van der Waals surface area contributed by atoms with E-state index in [2.05, 4.69) is 74.3 Å². The highest BCUT2D eigenvalue weighted by Crippen LogP contribution is 2.30. The highest BCUT2D eigenvalue weighted by atomic mass is 16.5. The Morgan fingerprint density at radius 3 is 2.00 bits per heavy atom. The molecular weight excluding hydrogens is 512 g/mol. The molecule has 0 aliphatic heterocycles. The van der Waals surface area contributed by atoms with Gasteiger partial charge < -0.3 is 9.47 Å². The van der Waals surface area contributed by atoms with Gasteiger partial charge in [0.25, 0.3) is 0 Å². The van der Waals surface area contributed by atoms with Gasteiger partial charge in [-0.1, -0.05) is 83.1 Å². The van der Waals surface area contributed by atoms with Crippen LogP contribution in [0, 0.1) is 5.41 Å². The van der Waals surface area contributed by atoms with Gasteiger partial charge in [-0.3, -0.25) is 9.69 Å². The van der Waals surface area contributed by atoms with E-state index in [4.69, 9.17) is 9.47 Å². The summed E-state index contributed by atoms with van der Waals surface area (Å²) >= 11 is 0. The first kappa shape index (κ1) is 31.5. The zero-order chi connectivity index (χ0) is 30.0. The van der Waals surface area contributed by atoms with Crippen LogP contribution >= 0.6 is 0 Å².